The topological polar surface area (TPSA) is 83.0 Å². The molecule has 2 N–H and O–H groups in total. The van der Waals surface area contributed by atoms with Gasteiger partial charge in [0.05, 0.1) is 32.8 Å². The zero-order valence-electron chi connectivity index (χ0n) is 20.1. The predicted octanol–water partition coefficient (Wildman–Crippen LogP) is 6.45. The number of hydrogen-bond donors (Lipinski definition) is 2. The summed E-state index contributed by atoms with van der Waals surface area (Å²) in [5, 5.41) is 2.62. The molecule has 0 bridgehead atoms. The summed E-state index contributed by atoms with van der Waals surface area (Å²) < 4.78 is 56.8. The van der Waals surface area contributed by atoms with Crippen molar-refractivity contribution in [2.75, 3.05) is 0 Å². The lowest BCUT2D eigenvalue weighted by molar-refractivity contribution is -0.275. The second-order valence-electron chi connectivity index (χ2n) is 8.99. The molecule has 2 aliphatic rings. The number of benzene rings is 1. The van der Waals surface area contributed by atoms with Crippen molar-refractivity contribution in [1.29, 1.82) is 0 Å². The highest BCUT2D eigenvalue weighted by Gasteiger charge is 2.63. The number of halogens is 6. The molecule has 7 nitrogen and oxygen atoms in total. The third-order valence-corrected chi connectivity index (χ3v) is 9.35. The summed E-state index contributed by atoms with van der Waals surface area (Å²) in [5.41, 5.74) is 2.88. The van der Waals surface area contributed by atoms with Crippen LogP contribution in [0.2, 0.25) is 10.0 Å². The van der Waals surface area contributed by atoms with E-state index >= 15 is 0 Å². The van der Waals surface area contributed by atoms with Crippen molar-refractivity contribution in [1.82, 2.24) is 15.8 Å². The molecule has 2 aliphatic heterocycles. The van der Waals surface area contributed by atoms with Crippen LogP contribution in [0.3, 0.4) is 0 Å². The van der Waals surface area contributed by atoms with Gasteiger partial charge in [0.2, 0.25) is 0 Å². The van der Waals surface area contributed by atoms with E-state index in [4.69, 9.17) is 28.0 Å². The van der Waals surface area contributed by atoms with E-state index in [2.05, 4.69) is 16.0 Å². The highest BCUT2D eigenvalue weighted by Crippen LogP contribution is 2.50. The number of amidine groups is 1. The summed E-state index contributed by atoms with van der Waals surface area (Å²) in [7, 11) is 0. The SMILES string of the molecule is Cc1ccc(C(=O)NNC(=O)c2sc3c(c2C)CN(C2=NOC(c4cc(Cl)c(F)c(Cl)c4)(C(F)(F)F)C2)C3)s1. The van der Waals surface area contributed by atoms with Crippen LogP contribution in [-0.2, 0) is 23.5 Å². The monoisotopic (exact) mass is 620 g/mol. The normalized spacial score (nSPS) is 18.6. The molecule has 4 heterocycles. The first-order valence-electron chi connectivity index (χ1n) is 11.3. The number of rotatable bonds is 3. The van der Waals surface area contributed by atoms with Gasteiger partial charge in [-0.25, -0.2) is 4.39 Å². The molecule has 1 aromatic carbocycles. The van der Waals surface area contributed by atoms with E-state index < -0.39 is 51.4 Å². The Hall–Kier alpha value is -2.87. The van der Waals surface area contributed by atoms with Crippen molar-refractivity contribution in [2.45, 2.75) is 45.1 Å². The second kappa shape index (κ2) is 9.95. The van der Waals surface area contributed by atoms with E-state index in [1.807, 2.05) is 6.92 Å². The summed E-state index contributed by atoms with van der Waals surface area (Å²) in [6.07, 6.45) is -5.59. The fourth-order valence-corrected chi connectivity index (χ4v) is 6.87. The number of amides is 2. The highest BCUT2D eigenvalue weighted by molar-refractivity contribution is 7.14. The van der Waals surface area contributed by atoms with Crippen LogP contribution < -0.4 is 10.9 Å². The van der Waals surface area contributed by atoms with Gasteiger partial charge < -0.3 is 9.74 Å². The average Bonchev–Trinajstić information content (AvgIpc) is 3.64. The van der Waals surface area contributed by atoms with Crippen molar-refractivity contribution in [3.05, 3.63) is 76.3 Å². The maximum atomic E-state index is 14.3. The van der Waals surface area contributed by atoms with Crippen molar-refractivity contribution >= 4 is 63.5 Å². The predicted molar refractivity (Wildman–Crippen MR) is 140 cm³/mol. The van der Waals surface area contributed by atoms with Crippen LogP contribution in [0.15, 0.2) is 29.4 Å². The van der Waals surface area contributed by atoms with Crippen LogP contribution in [0.5, 0.6) is 0 Å². The Morgan fingerprint density at radius 2 is 1.74 bits per heavy atom. The first kappa shape index (κ1) is 27.7. The quantitative estimate of drug-likeness (QED) is 0.200. The summed E-state index contributed by atoms with van der Waals surface area (Å²) in [5.74, 6) is -1.93. The minimum atomic E-state index is -4.92. The molecule has 1 atom stereocenters. The molecule has 0 fully saturated rings. The molecule has 0 radical (unpaired) electrons. The van der Waals surface area contributed by atoms with E-state index in [1.165, 1.54) is 22.7 Å². The van der Waals surface area contributed by atoms with Gasteiger partial charge in [-0.1, -0.05) is 28.4 Å². The molecule has 2 aromatic heterocycles. The standard InChI is InChI=1S/C24H18Cl2F4N4O3S2/c1-10-3-4-16(38-10)21(35)31-32-22(36)20-11(2)13-8-34(9-17(13)39-20)18-7-23(37-33-18,24(28,29)30)12-5-14(25)19(27)15(26)6-12/h3-6H,7-9H2,1-2H3,(H,31,35)(H,32,36). The van der Waals surface area contributed by atoms with Crippen LogP contribution in [0.4, 0.5) is 17.6 Å². The molecule has 0 aliphatic carbocycles. The lowest BCUT2D eigenvalue weighted by atomic mass is 9.89. The van der Waals surface area contributed by atoms with Gasteiger partial charge in [0.1, 0.15) is 5.84 Å². The van der Waals surface area contributed by atoms with Crippen LogP contribution in [0.25, 0.3) is 0 Å². The summed E-state index contributed by atoms with van der Waals surface area (Å²) in [6.45, 7) is 4.00. The van der Waals surface area contributed by atoms with Gasteiger partial charge in [0.15, 0.2) is 5.82 Å². The average molecular weight is 621 g/mol. The number of hydrazine groups is 1. The van der Waals surface area contributed by atoms with Gasteiger partial charge in [-0.05, 0) is 49.2 Å². The zero-order valence-corrected chi connectivity index (χ0v) is 23.3. The Morgan fingerprint density at radius 1 is 1.08 bits per heavy atom. The van der Waals surface area contributed by atoms with Crippen molar-refractivity contribution in [3.63, 3.8) is 0 Å². The first-order valence-corrected chi connectivity index (χ1v) is 13.7. The molecule has 0 spiro atoms. The lowest BCUT2D eigenvalue weighted by Gasteiger charge is -2.30. The van der Waals surface area contributed by atoms with E-state index in [0.29, 0.717) is 15.3 Å². The Balaban J connectivity index is 1.29. The van der Waals surface area contributed by atoms with Gasteiger partial charge >= 0.3 is 6.18 Å². The maximum absolute atomic E-state index is 14.3. The Labute approximate surface area is 237 Å². The number of carbonyl (C=O) groups is 2. The molecule has 3 aromatic rings. The fourth-order valence-electron chi connectivity index (χ4n) is 4.40. The Bertz CT molecular complexity index is 1510. The number of hydrogen-bond acceptors (Lipinski definition) is 7. The number of oxime groups is 1. The number of thiophene rings is 2. The molecule has 5 rings (SSSR count). The third-order valence-electron chi connectivity index (χ3n) is 6.49. The highest BCUT2D eigenvalue weighted by atomic mass is 35.5. The van der Waals surface area contributed by atoms with E-state index in [9.17, 15) is 27.2 Å². The summed E-state index contributed by atoms with van der Waals surface area (Å²) >= 11 is 14.0. The Kier molecular flexibility index (Phi) is 7.06. The minimum Gasteiger partial charge on any atom is -0.372 e. The molecule has 0 saturated heterocycles. The summed E-state index contributed by atoms with van der Waals surface area (Å²) in [4.78, 5) is 34.2. The molecule has 0 saturated carbocycles. The Morgan fingerprint density at radius 3 is 2.33 bits per heavy atom. The van der Waals surface area contributed by atoms with Gasteiger partial charge in [-0.3, -0.25) is 20.4 Å². The van der Waals surface area contributed by atoms with E-state index in [0.717, 1.165) is 27.5 Å². The molecule has 15 heteroatoms. The molecule has 39 heavy (non-hydrogen) atoms. The van der Waals surface area contributed by atoms with Crippen LogP contribution >= 0.6 is 45.9 Å². The minimum absolute atomic E-state index is 0.0381. The van der Waals surface area contributed by atoms with Gasteiger partial charge in [0.25, 0.3) is 17.4 Å². The van der Waals surface area contributed by atoms with Crippen molar-refractivity contribution in [2.24, 2.45) is 5.16 Å². The maximum Gasteiger partial charge on any atom is 0.435 e. The largest absolute Gasteiger partial charge is 0.435 e. The lowest BCUT2D eigenvalue weighted by Crippen LogP contribution is -2.44. The van der Waals surface area contributed by atoms with Crippen LogP contribution in [-0.4, -0.2) is 28.7 Å². The first-order chi connectivity index (χ1) is 18.3. The van der Waals surface area contributed by atoms with Gasteiger partial charge in [-0.15, -0.1) is 22.7 Å². The van der Waals surface area contributed by atoms with Gasteiger partial charge in [-0.2, -0.15) is 13.2 Å². The van der Waals surface area contributed by atoms with Crippen molar-refractivity contribution in [3.8, 4) is 0 Å². The number of aryl methyl sites for hydroxylation is 1. The number of nitrogens with zero attached hydrogens (tertiary/aromatic N) is 2. The third kappa shape index (κ3) is 4.85. The number of fused-ring (bicyclic) bond motifs is 1. The van der Waals surface area contributed by atoms with E-state index in [1.54, 1.807) is 24.0 Å². The number of alkyl halides is 3. The molecule has 206 valence electrons. The zero-order chi connectivity index (χ0) is 28.3. The molecular formula is C24H18Cl2F4N4O3S2. The molecule has 1 unspecified atom stereocenters. The number of carbonyl (C=O) groups excluding carboxylic acids is 2. The number of nitrogens with one attached hydrogen (secondary N) is 2. The molecular weight excluding hydrogens is 603 g/mol. The second-order valence-corrected chi connectivity index (χ2v) is 12.2. The fraction of sp³-hybridized carbons (Fsp3) is 0.292. The van der Waals surface area contributed by atoms with Crippen molar-refractivity contribution < 1.29 is 32.0 Å². The smallest absolute Gasteiger partial charge is 0.372 e. The van der Waals surface area contributed by atoms with E-state index in [-0.39, 0.29) is 18.9 Å². The molecule has 2 amide bonds. The van der Waals surface area contributed by atoms with Crippen LogP contribution in [0, 0.1) is 19.7 Å². The van der Waals surface area contributed by atoms with Gasteiger partial charge in [0, 0.05) is 21.9 Å². The summed E-state index contributed by atoms with van der Waals surface area (Å²) in [6, 6.07) is 5.12. The van der Waals surface area contributed by atoms with Crippen LogP contribution in [0.1, 0.15) is 52.2 Å².